The van der Waals surface area contributed by atoms with Crippen LogP contribution in [0.1, 0.15) is 36.0 Å². The van der Waals surface area contributed by atoms with E-state index in [2.05, 4.69) is 40.9 Å². The van der Waals surface area contributed by atoms with E-state index in [1.54, 1.807) is 7.11 Å². The Morgan fingerprint density at radius 3 is 2.44 bits per heavy atom. The molecule has 25 heavy (non-hydrogen) atoms. The van der Waals surface area contributed by atoms with E-state index < -0.39 is 5.72 Å². The number of rotatable bonds is 3. The van der Waals surface area contributed by atoms with E-state index in [-0.39, 0.29) is 0 Å². The van der Waals surface area contributed by atoms with Crippen molar-refractivity contribution in [2.45, 2.75) is 31.9 Å². The number of nitrogens with zero attached hydrogens (tertiary/aromatic N) is 2. The van der Waals surface area contributed by atoms with Gasteiger partial charge in [-0.15, -0.1) is 9.69 Å². The number of ether oxygens (including phenoxy) is 1. The minimum atomic E-state index is -0.993. The van der Waals surface area contributed by atoms with Crippen LogP contribution in [0, 0.1) is 6.92 Å². The van der Waals surface area contributed by atoms with Crippen LogP contribution in [0.25, 0.3) is 0 Å². The Morgan fingerprint density at radius 1 is 1.04 bits per heavy atom. The lowest BCUT2D eigenvalue weighted by Gasteiger charge is -2.33. The fourth-order valence-corrected chi connectivity index (χ4v) is 3.95. The average molecular weight is 337 g/mol. The lowest BCUT2D eigenvalue weighted by molar-refractivity contribution is -0.717. The number of methoxy groups -OCH3 is 1. The van der Waals surface area contributed by atoms with E-state index in [9.17, 15) is 5.11 Å². The zero-order valence-corrected chi connectivity index (χ0v) is 14.9. The van der Waals surface area contributed by atoms with Crippen LogP contribution in [0.4, 0.5) is 0 Å². The standard InChI is InChI=1S/C21H25N2O2/c1-16-5-7-17(8-6-16)20-15-21(24,23-14-4-3-13-22(20)23)18-9-11-19(25-2)12-10-18/h5-12,24H,3-4,13-15H2,1-2H3/q+1. The number of hydrazone groups is 1. The van der Waals surface area contributed by atoms with Gasteiger partial charge in [0, 0.05) is 17.5 Å². The molecule has 4 rings (SSSR count). The monoisotopic (exact) mass is 337 g/mol. The first kappa shape index (κ1) is 16.2. The van der Waals surface area contributed by atoms with Gasteiger partial charge in [0.05, 0.1) is 20.1 Å². The molecule has 2 aliphatic heterocycles. The predicted molar refractivity (Wildman–Crippen MR) is 97.9 cm³/mol. The van der Waals surface area contributed by atoms with Crippen molar-refractivity contribution in [3.63, 3.8) is 0 Å². The number of aliphatic hydroxyl groups is 1. The Kier molecular flexibility index (Phi) is 4.00. The summed E-state index contributed by atoms with van der Waals surface area (Å²) in [5, 5.41) is 13.8. The molecule has 0 bridgehead atoms. The fraction of sp³-hybridized carbons (Fsp3) is 0.381. The molecule has 1 atom stereocenters. The Hall–Kier alpha value is -2.33. The molecule has 0 amide bonds. The van der Waals surface area contributed by atoms with E-state index in [0.717, 1.165) is 37.2 Å². The highest BCUT2D eigenvalue weighted by molar-refractivity contribution is 5.98. The van der Waals surface area contributed by atoms with Crippen molar-refractivity contribution in [1.29, 1.82) is 0 Å². The van der Waals surface area contributed by atoms with Crippen molar-refractivity contribution in [3.8, 4) is 5.75 Å². The first-order chi connectivity index (χ1) is 12.1. The molecule has 1 N–H and O–H groups in total. The van der Waals surface area contributed by atoms with Crippen molar-refractivity contribution in [3.05, 3.63) is 65.2 Å². The lowest BCUT2D eigenvalue weighted by atomic mass is 9.94. The molecule has 4 heteroatoms. The summed E-state index contributed by atoms with van der Waals surface area (Å²) in [7, 11) is 1.66. The van der Waals surface area contributed by atoms with Crippen molar-refractivity contribution in [2.75, 3.05) is 20.2 Å². The maximum atomic E-state index is 11.6. The zero-order valence-electron chi connectivity index (χ0n) is 14.9. The van der Waals surface area contributed by atoms with E-state index in [1.165, 1.54) is 16.8 Å². The number of benzene rings is 2. The summed E-state index contributed by atoms with van der Waals surface area (Å²) < 4.78 is 7.55. The smallest absolute Gasteiger partial charge is 0.225 e. The van der Waals surface area contributed by atoms with Gasteiger partial charge in [0.2, 0.25) is 11.4 Å². The van der Waals surface area contributed by atoms with Crippen LogP contribution in [0.15, 0.2) is 48.5 Å². The minimum Gasteiger partial charge on any atom is -0.497 e. The molecule has 2 aliphatic rings. The van der Waals surface area contributed by atoms with E-state index in [0.29, 0.717) is 6.42 Å². The molecule has 0 aliphatic carbocycles. The van der Waals surface area contributed by atoms with E-state index in [4.69, 9.17) is 4.74 Å². The Morgan fingerprint density at radius 2 is 1.76 bits per heavy atom. The number of fused-ring (bicyclic) bond motifs is 1. The summed E-state index contributed by atoms with van der Waals surface area (Å²) in [4.78, 5) is 0. The van der Waals surface area contributed by atoms with Crippen molar-refractivity contribution in [2.24, 2.45) is 0 Å². The summed E-state index contributed by atoms with van der Waals surface area (Å²) in [6, 6.07) is 16.4. The summed E-state index contributed by atoms with van der Waals surface area (Å²) in [6.07, 6.45) is 2.86. The first-order valence-electron chi connectivity index (χ1n) is 8.97. The Balaban J connectivity index is 1.75. The fourth-order valence-electron chi connectivity index (χ4n) is 3.95. The minimum absolute atomic E-state index is 0.600. The molecule has 130 valence electrons. The number of hydrazine groups is 1. The van der Waals surface area contributed by atoms with Gasteiger partial charge in [0.15, 0.2) is 6.54 Å². The third-order valence-corrected chi connectivity index (χ3v) is 5.37. The van der Waals surface area contributed by atoms with Crippen LogP contribution in [0.2, 0.25) is 0 Å². The largest absolute Gasteiger partial charge is 0.497 e. The molecule has 0 saturated carbocycles. The van der Waals surface area contributed by atoms with Crippen LogP contribution in [-0.4, -0.2) is 40.7 Å². The van der Waals surface area contributed by atoms with Gasteiger partial charge in [-0.3, -0.25) is 0 Å². The summed E-state index contributed by atoms with van der Waals surface area (Å²) in [6.45, 7) is 3.93. The summed E-state index contributed by atoms with van der Waals surface area (Å²) in [5.74, 6) is 0.809. The molecule has 2 heterocycles. The molecule has 0 spiro atoms. The molecular weight excluding hydrogens is 312 g/mol. The predicted octanol–water partition coefficient (Wildman–Crippen LogP) is 3.07. The molecule has 0 radical (unpaired) electrons. The van der Waals surface area contributed by atoms with Gasteiger partial charge in [-0.05, 0) is 37.6 Å². The number of hydrogen-bond acceptors (Lipinski definition) is 3. The molecule has 4 nitrogen and oxygen atoms in total. The third-order valence-electron chi connectivity index (χ3n) is 5.37. The van der Waals surface area contributed by atoms with Gasteiger partial charge in [0.1, 0.15) is 5.75 Å². The van der Waals surface area contributed by atoms with Gasteiger partial charge in [0.25, 0.3) is 0 Å². The highest BCUT2D eigenvalue weighted by Crippen LogP contribution is 2.38. The number of hydrogen-bond donors (Lipinski definition) is 1. The average Bonchev–Trinajstić information content (AvgIpc) is 2.97. The molecule has 2 aromatic rings. The molecule has 0 aromatic heterocycles. The normalized spacial score (nSPS) is 22.9. The second-order valence-corrected chi connectivity index (χ2v) is 6.99. The Bertz CT molecular complexity index is 796. The molecule has 1 fully saturated rings. The summed E-state index contributed by atoms with van der Waals surface area (Å²) >= 11 is 0. The molecule has 1 unspecified atom stereocenters. The van der Waals surface area contributed by atoms with Gasteiger partial charge >= 0.3 is 0 Å². The van der Waals surface area contributed by atoms with Crippen LogP contribution in [0.3, 0.4) is 0 Å². The second kappa shape index (κ2) is 6.19. The van der Waals surface area contributed by atoms with Crippen LogP contribution >= 0.6 is 0 Å². The molecule has 1 saturated heterocycles. The zero-order chi connectivity index (χ0) is 17.4. The van der Waals surface area contributed by atoms with Gasteiger partial charge in [-0.2, -0.15) is 0 Å². The van der Waals surface area contributed by atoms with Gasteiger partial charge < -0.3 is 9.84 Å². The van der Waals surface area contributed by atoms with Crippen molar-refractivity contribution >= 4 is 5.71 Å². The quantitative estimate of drug-likeness (QED) is 0.875. The molecular formula is C21H25N2O2+. The van der Waals surface area contributed by atoms with Gasteiger partial charge in [-0.1, -0.05) is 29.8 Å². The van der Waals surface area contributed by atoms with Crippen molar-refractivity contribution in [1.82, 2.24) is 5.01 Å². The highest BCUT2D eigenvalue weighted by atomic mass is 16.5. The Labute approximate surface area is 149 Å². The maximum Gasteiger partial charge on any atom is 0.225 e. The van der Waals surface area contributed by atoms with Crippen LogP contribution in [0.5, 0.6) is 5.75 Å². The SMILES string of the molecule is COc1ccc(C2(O)CC(c3ccc(C)cc3)=[N+]3CCCCN32)cc1. The van der Waals surface area contributed by atoms with Gasteiger partial charge in [-0.25, -0.2) is 0 Å². The van der Waals surface area contributed by atoms with E-state index in [1.807, 2.05) is 24.3 Å². The van der Waals surface area contributed by atoms with Crippen LogP contribution < -0.4 is 4.74 Å². The van der Waals surface area contributed by atoms with E-state index >= 15 is 0 Å². The number of aryl methyl sites for hydroxylation is 1. The maximum absolute atomic E-state index is 11.6. The topological polar surface area (TPSA) is 35.7 Å². The first-order valence-corrected chi connectivity index (χ1v) is 8.97. The summed E-state index contributed by atoms with van der Waals surface area (Å²) in [5.41, 5.74) is 3.58. The third kappa shape index (κ3) is 2.71. The lowest BCUT2D eigenvalue weighted by Crippen LogP contribution is -2.49. The molecule has 2 aromatic carbocycles. The van der Waals surface area contributed by atoms with Crippen molar-refractivity contribution < 1.29 is 14.5 Å². The second-order valence-electron chi connectivity index (χ2n) is 6.99. The highest BCUT2D eigenvalue weighted by Gasteiger charge is 2.53. The van der Waals surface area contributed by atoms with Crippen LogP contribution in [-0.2, 0) is 5.72 Å².